The Bertz CT molecular complexity index is 186. The summed E-state index contributed by atoms with van der Waals surface area (Å²) in [6.45, 7) is 4.59. The van der Waals surface area contributed by atoms with Crippen molar-refractivity contribution in [2.24, 2.45) is 0 Å². The Kier molecular flexibility index (Phi) is 5.43. The van der Waals surface area contributed by atoms with Crippen molar-refractivity contribution in [1.29, 1.82) is 0 Å². The van der Waals surface area contributed by atoms with Crippen molar-refractivity contribution in [3.05, 3.63) is 0 Å². The highest BCUT2D eigenvalue weighted by atomic mass is 16.4. The Hall–Kier alpha value is -1.46. The largest absolute Gasteiger partial charge is 0.465 e. The quantitative estimate of drug-likeness (QED) is 0.699. The maximum atomic E-state index is 10.6. The number of hydrogen-bond donors (Lipinski definition) is 2. The molecule has 14 heavy (non-hydrogen) atoms. The number of likely N-dealkylation sites (N-methyl/N-ethyl adjacent to an activating group) is 2. The summed E-state index contributed by atoms with van der Waals surface area (Å²) < 4.78 is 0. The molecule has 0 aliphatic carbocycles. The fourth-order valence-electron chi connectivity index (χ4n) is 1.02. The number of hydrogen-bond acceptors (Lipinski definition) is 2. The molecule has 0 aliphatic heterocycles. The Balaban J connectivity index is 4.00. The van der Waals surface area contributed by atoms with Crippen LogP contribution in [0.25, 0.3) is 0 Å². The van der Waals surface area contributed by atoms with Gasteiger partial charge in [-0.05, 0) is 13.8 Å². The molecule has 0 radical (unpaired) electrons. The molecular formula is C8H16N2O4. The van der Waals surface area contributed by atoms with Crippen LogP contribution in [0.1, 0.15) is 13.8 Å². The van der Waals surface area contributed by atoms with Gasteiger partial charge >= 0.3 is 12.2 Å². The molecule has 0 aromatic heterocycles. The van der Waals surface area contributed by atoms with Gasteiger partial charge < -0.3 is 20.0 Å². The van der Waals surface area contributed by atoms with Crippen LogP contribution in [-0.4, -0.2) is 58.4 Å². The van der Waals surface area contributed by atoms with Gasteiger partial charge in [-0.1, -0.05) is 0 Å². The summed E-state index contributed by atoms with van der Waals surface area (Å²) in [5, 5.41) is 17.3. The molecule has 6 heteroatoms. The molecule has 0 heterocycles. The molecular weight excluding hydrogens is 188 g/mol. The smallest absolute Gasteiger partial charge is 0.407 e. The van der Waals surface area contributed by atoms with Crippen molar-refractivity contribution < 1.29 is 19.8 Å². The molecule has 0 fully saturated rings. The molecule has 0 atom stereocenters. The Morgan fingerprint density at radius 3 is 1.36 bits per heavy atom. The van der Waals surface area contributed by atoms with Crippen molar-refractivity contribution in [2.75, 3.05) is 26.2 Å². The molecule has 0 saturated carbocycles. The number of rotatable bonds is 5. The summed E-state index contributed by atoms with van der Waals surface area (Å²) >= 11 is 0. The Morgan fingerprint density at radius 2 is 1.21 bits per heavy atom. The van der Waals surface area contributed by atoms with Gasteiger partial charge in [0.05, 0.1) is 0 Å². The molecule has 0 unspecified atom stereocenters. The summed E-state index contributed by atoms with van der Waals surface area (Å²) in [4.78, 5) is 23.5. The van der Waals surface area contributed by atoms with Gasteiger partial charge in [0.15, 0.2) is 0 Å². The second-order valence-corrected chi connectivity index (χ2v) is 2.72. The first kappa shape index (κ1) is 12.5. The molecule has 0 saturated heterocycles. The molecule has 0 rings (SSSR count). The van der Waals surface area contributed by atoms with Crippen LogP contribution in [0.2, 0.25) is 0 Å². The second-order valence-electron chi connectivity index (χ2n) is 2.72. The molecule has 82 valence electrons. The number of carboxylic acid groups (broad SMARTS) is 2. The third-order valence-electron chi connectivity index (χ3n) is 1.94. The minimum absolute atomic E-state index is 0.214. The topological polar surface area (TPSA) is 81.1 Å². The van der Waals surface area contributed by atoms with Gasteiger partial charge in [0, 0.05) is 26.2 Å². The summed E-state index contributed by atoms with van der Waals surface area (Å²) in [5.74, 6) is 0. The number of carbonyl (C=O) groups is 2. The minimum Gasteiger partial charge on any atom is -0.465 e. The molecule has 0 aromatic carbocycles. The minimum atomic E-state index is -1.02. The maximum Gasteiger partial charge on any atom is 0.407 e. The van der Waals surface area contributed by atoms with Crippen LogP contribution in [0.4, 0.5) is 9.59 Å². The molecule has 0 bridgehead atoms. The predicted molar refractivity (Wildman–Crippen MR) is 50.5 cm³/mol. The lowest BCUT2D eigenvalue weighted by Crippen LogP contribution is -2.39. The molecule has 2 N–H and O–H groups in total. The van der Waals surface area contributed by atoms with Crippen LogP contribution in [0.5, 0.6) is 0 Å². The molecule has 0 spiro atoms. The average molecular weight is 204 g/mol. The molecule has 2 amide bonds. The van der Waals surface area contributed by atoms with Gasteiger partial charge in [0.1, 0.15) is 0 Å². The number of amides is 2. The third kappa shape index (κ3) is 3.97. The average Bonchev–Trinajstić information content (AvgIpc) is 2.11. The zero-order valence-corrected chi connectivity index (χ0v) is 8.43. The van der Waals surface area contributed by atoms with Crippen LogP contribution in [0.3, 0.4) is 0 Å². The number of nitrogens with zero attached hydrogens (tertiary/aromatic N) is 2. The standard InChI is InChI=1S/C8H16N2O4/c1-3-9(7(11)12)5-6-10(4-2)8(13)14/h3-6H2,1-2H3,(H,11,12)(H,13,14). The Labute approximate surface area is 82.7 Å². The van der Waals surface area contributed by atoms with Gasteiger partial charge in [0.25, 0.3) is 0 Å². The van der Waals surface area contributed by atoms with E-state index in [2.05, 4.69) is 0 Å². The summed E-state index contributed by atoms with van der Waals surface area (Å²) in [6.07, 6.45) is -2.04. The van der Waals surface area contributed by atoms with Gasteiger partial charge in [-0.15, -0.1) is 0 Å². The molecule has 6 nitrogen and oxygen atoms in total. The van der Waals surface area contributed by atoms with E-state index in [0.717, 1.165) is 0 Å². The van der Waals surface area contributed by atoms with E-state index in [9.17, 15) is 9.59 Å². The van der Waals surface area contributed by atoms with Crippen molar-refractivity contribution in [3.63, 3.8) is 0 Å². The summed E-state index contributed by atoms with van der Waals surface area (Å²) in [5.41, 5.74) is 0. The van der Waals surface area contributed by atoms with Crippen molar-refractivity contribution in [3.8, 4) is 0 Å². The van der Waals surface area contributed by atoms with E-state index in [0.29, 0.717) is 13.1 Å². The fraction of sp³-hybridized carbons (Fsp3) is 0.750. The highest BCUT2D eigenvalue weighted by Crippen LogP contribution is 1.93. The molecule has 0 aliphatic rings. The van der Waals surface area contributed by atoms with E-state index in [1.807, 2.05) is 0 Å². The normalized spacial score (nSPS) is 9.57. The van der Waals surface area contributed by atoms with Crippen LogP contribution in [-0.2, 0) is 0 Å². The van der Waals surface area contributed by atoms with E-state index >= 15 is 0 Å². The van der Waals surface area contributed by atoms with Gasteiger partial charge in [-0.2, -0.15) is 0 Å². The van der Waals surface area contributed by atoms with Crippen molar-refractivity contribution in [2.45, 2.75) is 13.8 Å². The second kappa shape index (κ2) is 6.06. The first-order valence-corrected chi connectivity index (χ1v) is 4.48. The lowest BCUT2D eigenvalue weighted by atomic mass is 10.4. The van der Waals surface area contributed by atoms with Crippen molar-refractivity contribution in [1.82, 2.24) is 9.80 Å². The highest BCUT2D eigenvalue weighted by Gasteiger charge is 2.13. The monoisotopic (exact) mass is 204 g/mol. The van der Waals surface area contributed by atoms with Crippen LogP contribution >= 0.6 is 0 Å². The van der Waals surface area contributed by atoms with Gasteiger partial charge in [-0.25, -0.2) is 9.59 Å². The maximum absolute atomic E-state index is 10.6. The first-order valence-electron chi connectivity index (χ1n) is 4.48. The zero-order valence-electron chi connectivity index (χ0n) is 8.43. The SMILES string of the molecule is CCN(CCN(CC)C(=O)O)C(=O)O. The fourth-order valence-corrected chi connectivity index (χ4v) is 1.02. The van der Waals surface area contributed by atoms with E-state index < -0.39 is 12.2 Å². The Morgan fingerprint density at radius 1 is 0.929 bits per heavy atom. The molecule has 0 aromatic rings. The predicted octanol–water partition coefficient (Wildman–Crippen LogP) is 0.986. The van der Waals surface area contributed by atoms with Gasteiger partial charge in [0.2, 0.25) is 0 Å². The highest BCUT2D eigenvalue weighted by molar-refractivity contribution is 5.66. The third-order valence-corrected chi connectivity index (χ3v) is 1.94. The van der Waals surface area contributed by atoms with Crippen LogP contribution in [0.15, 0.2) is 0 Å². The lowest BCUT2D eigenvalue weighted by Gasteiger charge is -2.22. The van der Waals surface area contributed by atoms with E-state index in [1.54, 1.807) is 13.8 Å². The van der Waals surface area contributed by atoms with E-state index in [4.69, 9.17) is 10.2 Å². The van der Waals surface area contributed by atoms with Crippen molar-refractivity contribution >= 4 is 12.2 Å². The summed E-state index contributed by atoms with van der Waals surface area (Å²) in [6, 6.07) is 0. The van der Waals surface area contributed by atoms with E-state index in [-0.39, 0.29) is 13.1 Å². The van der Waals surface area contributed by atoms with Crippen LogP contribution in [0, 0.1) is 0 Å². The lowest BCUT2D eigenvalue weighted by molar-refractivity contribution is 0.126. The summed E-state index contributed by atoms with van der Waals surface area (Å²) in [7, 11) is 0. The first-order chi connectivity index (χ1) is 6.52. The van der Waals surface area contributed by atoms with E-state index in [1.165, 1.54) is 9.80 Å². The zero-order chi connectivity index (χ0) is 11.1. The van der Waals surface area contributed by atoms with Gasteiger partial charge in [-0.3, -0.25) is 0 Å². The van der Waals surface area contributed by atoms with Crippen LogP contribution < -0.4 is 0 Å².